The van der Waals surface area contributed by atoms with Gasteiger partial charge in [0, 0.05) is 24.9 Å². The summed E-state index contributed by atoms with van der Waals surface area (Å²) in [5.41, 5.74) is 0. The van der Waals surface area contributed by atoms with E-state index in [1.54, 1.807) is 6.92 Å². The van der Waals surface area contributed by atoms with Crippen LogP contribution >= 0.6 is 11.6 Å². The Bertz CT molecular complexity index is 493. The van der Waals surface area contributed by atoms with Gasteiger partial charge in [-0.2, -0.15) is 0 Å². The Kier molecular flexibility index (Phi) is 6.26. The molecular formula is C19H31ClN2O3. The van der Waals surface area contributed by atoms with Crippen molar-refractivity contribution in [2.75, 3.05) is 13.2 Å². The highest BCUT2D eigenvalue weighted by molar-refractivity contribution is 6.20. The van der Waals surface area contributed by atoms with Crippen molar-refractivity contribution < 1.29 is 14.3 Å². The zero-order chi connectivity index (χ0) is 18.0. The van der Waals surface area contributed by atoms with E-state index in [1.165, 1.54) is 0 Å². The van der Waals surface area contributed by atoms with Crippen LogP contribution in [0.3, 0.4) is 0 Å². The van der Waals surface area contributed by atoms with Gasteiger partial charge in [-0.25, -0.2) is 0 Å². The van der Waals surface area contributed by atoms with E-state index in [-0.39, 0.29) is 48.0 Å². The minimum atomic E-state index is 0.0764. The first-order valence-electron chi connectivity index (χ1n) is 9.81. The van der Waals surface area contributed by atoms with Crippen molar-refractivity contribution >= 4 is 23.4 Å². The van der Waals surface area contributed by atoms with Gasteiger partial charge in [0.15, 0.2) is 0 Å². The van der Waals surface area contributed by atoms with Gasteiger partial charge in [0.1, 0.15) is 6.61 Å². The number of amides is 2. The Labute approximate surface area is 156 Å². The zero-order valence-corrected chi connectivity index (χ0v) is 16.2. The number of hydrogen-bond donors (Lipinski definition) is 0. The van der Waals surface area contributed by atoms with E-state index in [0.29, 0.717) is 6.54 Å². The zero-order valence-electron chi connectivity index (χ0n) is 15.5. The molecule has 1 saturated heterocycles. The first-order chi connectivity index (χ1) is 12.0. The molecule has 5 nitrogen and oxygen atoms in total. The number of alkyl halides is 1. The maximum Gasteiger partial charge on any atom is 0.248 e. The lowest BCUT2D eigenvalue weighted by Crippen LogP contribution is -2.66. The Hall–Kier alpha value is -0.810. The summed E-state index contributed by atoms with van der Waals surface area (Å²) >= 11 is 6.14. The molecule has 0 radical (unpaired) electrons. The van der Waals surface area contributed by atoms with Crippen LogP contribution in [0.5, 0.6) is 0 Å². The maximum atomic E-state index is 12.9. The first kappa shape index (κ1) is 19.0. The second kappa shape index (κ2) is 8.26. The van der Waals surface area contributed by atoms with Crippen molar-refractivity contribution in [3.05, 3.63) is 0 Å². The van der Waals surface area contributed by atoms with E-state index in [1.807, 2.05) is 9.80 Å². The van der Waals surface area contributed by atoms with Gasteiger partial charge in [-0.3, -0.25) is 9.59 Å². The molecule has 142 valence electrons. The second-order valence-electron chi connectivity index (χ2n) is 7.93. The Morgan fingerprint density at radius 3 is 2.32 bits per heavy atom. The van der Waals surface area contributed by atoms with Crippen LogP contribution in [0.1, 0.15) is 65.2 Å². The Morgan fingerprint density at radius 1 is 1.04 bits per heavy atom. The van der Waals surface area contributed by atoms with E-state index in [2.05, 4.69) is 6.92 Å². The van der Waals surface area contributed by atoms with Crippen molar-refractivity contribution in [2.24, 2.45) is 0 Å². The van der Waals surface area contributed by atoms with Crippen LogP contribution in [0.2, 0.25) is 0 Å². The topological polar surface area (TPSA) is 49.9 Å². The summed E-state index contributed by atoms with van der Waals surface area (Å²) in [6.45, 7) is 4.48. The van der Waals surface area contributed by atoms with Gasteiger partial charge in [0.25, 0.3) is 0 Å². The molecule has 25 heavy (non-hydrogen) atoms. The maximum absolute atomic E-state index is 12.9. The van der Waals surface area contributed by atoms with Gasteiger partial charge < -0.3 is 14.5 Å². The Balaban J connectivity index is 1.60. The number of carbonyl (C=O) groups excluding carboxylic acids is 2. The second-order valence-corrected chi connectivity index (χ2v) is 8.54. The third-order valence-electron chi connectivity index (χ3n) is 6.12. The van der Waals surface area contributed by atoms with Crippen LogP contribution in [0.4, 0.5) is 0 Å². The third-order valence-corrected chi connectivity index (χ3v) is 6.55. The summed E-state index contributed by atoms with van der Waals surface area (Å²) < 4.78 is 5.91. The molecule has 3 aliphatic rings. The monoisotopic (exact) mass is 370 g/mol. The van der Waals surface area contributed by atoms with Gasteiger partial charge in [0.05, 0.1) is 18.2 Å². The van der Waals surface area contributed by atoms with Crippen molar-refractivity contribution in [3.63, 3.8) is 0 Å². The average molecular weight is 371 g/mol. The number of carbonyl (C=O) groups is 2. The molecule has 0 bridgehead atoms. The quantitative estimate of drug-likeness (QED) is 0.718. The molecule has 0 aromatic heterocycles. The number of ether oxygens (including phenoxy) is 1. The van der Waals surface area contributed by atoms with E-state index in [4.69, 9.17) is 16.3 Å². The fourth-order valence-corrected chi connectivity index (χ4v) is 5.16. The normalized spacial score (nSPS) is 36.0. The average Bonchev–Trinajstić information content (AvgIpc) is 2.59. The van der Waals surface area contributed by atoms with Gasteiger partial charge in [-0.15, -0.1) is 11.6 Å². The molecule has 0 aromatic rings. The van der Waals surface area contributed by atoms with Gasteiger partial charge in [0.2, 0.25) is 11.8 Å². The molecule has 0 aromatic carbocycles. The first-order valence-corrected chi connectivity index (χ1v) is 10.2. The van der Waals surface area contributed by atoms with Crippen LogP contribution in [-0.4, -0.2) is 64.4 Å². The predicted molar refractivity (Wildman–Crippen MR) is 97.6 cm³/mol. The van der Waals surface area contributed by atoms with Crippen molar-refractivity contribution in [3.8, 4) is 0 Å². The molecule has 2 saturated carbocycles. The Morgan fingerprint density at radius 2 is 1.68 bits per heavy atom. The van der Waals surface area contributed by atoms with Crippen molar-refractivity contribution in [1.82, 2.24) is 9.80 Å². The fraction of sp³-hybridized carbons (Fsp3) is 0.895. The predicted octanol–water partition coefficient (Wildman–Crippen LogP) is 2.94. The summed E-state index contributed by atoms with van der Waals surface area (Å²) in [5.74, 6) is 0.213. The van der Waals surface area contributed by atoms with Gasteiger partial charge in [-0.1, -0.05) is 12.8 Å². The number of rotatable bonds is 3. The lowest BCUT2D eigenvalue weighted by Gasteiger charge is -2.52. The largest absolute Gasteiger partial charge is 0.368 e. The minimum absolute atomic E-state index is 0.0764. The summed E-state index contributed by atoms with van der Waals surface area (Å²) in [7, 11) is 0. The van der Waals surface area contributed by atoms with E-state index in [9.17, 15) is 9.59 Å². The van der Waals surface area contributed by atoms with Crippen molar-refractivity contribution in [2.45, 2.75) is 94.8 Å². The number of fused-ring (bicyclic) bond motifs is 1. The molecule has 3 atom stereocenters. The molecule has 3 rings (SSSR count). The van der Waals surface area contributed by atoms with Crippen LogP contribution in [-0.2, 0) is 14.3 Å². The lowest BCUT2D eigenvalue weighted by atomic mass is 9.84. The number of hydrogen-bond acceptors (Lipinski definition) is 3. The minimum Gasteiger partial charge on any atom is -0.368 e. The van der Waals surface area contributed by atoms with Gasteiger partial charge in [-0.05, 0) is 45.4 Å². The highest BCUT2D eigenvalue weighted by atomic mass is 35.5. The summed E-state index contributed by atoms with van der Waals surface area (Å²) in [6, 6.07) is 0.404. The SMILES string of the molecule is CC(=O)N1C2CCCCC2N(C(=O)COC2CCC(Cl)CC2)C[C@@H]1C. The third kappa shape index (κ3) is 4.30. The molecule has 3 fully saturated rings. The van der Waals surface area contributed by atoms with E-state index in [0.717, 1.165) is 51.4 Å². The van der Waals surface area contributed by atoms with Crippen LogP contribution in [0.25, 0.3) is 0 Å². The highest BCUT2D eigenvalue weighted by Crippen LogP contribution is 2.33. The number of halogens is 1. The van der Waals surface area contributed by atoms with Gasteiger partial charge >= 0.3 is 0 Å². The molecule has 2 amide bonds. The highest BCUT2D eigenvalue weighted by Gasteiger charge is 2.44. The molecule has 2 aliphatic carbocycles. The van der Waals surface area contributed by atoms with E-state index < -0.39 is 0 Å². The standard InChI is InChI=1S/C19H31ClN2O3/c1-13-11-21(17-5-3-4-6-18(17)22(13)14(2)23)19(24)12-25-16-9-7-15(20)8-10-16/h13,15-18H,3-12H2,1-2H3/t13-,15?,16?,17?,18?/m0/s1. The van der Waals surface area contributed by atoms with Crippen LogP contribution in [0, 0.1) is 0 Å². The molecule has 0 N–H and O–H groups in total. The van der Waals surface area contributed by atoms with Crippen LogP contribution in [0.15, 0.2) is 0 Å². The number of nitrogens with zero attached hydrogens (tertiary/aromatic N) is 2. The van der Waals surface area contributed by atoms with Crippen LogP contribution < -0.4 is 0 Å². The molecule has 1 aliphatic heterocycles. The molecule has 2 unspecified atom stereocenters. The summed E-state index contributed by atoms with van der Waals surface area (Å²) in [4.78, 5) is 29.0. The fourth-order valence-electron chi connectivity index (χ4n) is 4.91. The van der Waals surface area contributed by atoms with E-state index >= 15 is 0 Å². The number of piperazine rings is 1. The smallest absolute Gasteiger partial charge is 0.248 e. The molecule has 0 spiro atoms. The molecule has 6 heteroatoms. The summed E-state index contributed by atoms with van der Waals surface area (Å²) in [6.07, 6.45) is 8.26. The molecular weight excluding hydrogens is 340 g/mol. The lowest BCUT2D eigenvalue weighted by molar-refractivity contribution is -0.157. The summed E-state index contributed by atoms with van der Waals surface area (Å²) in [5, 5.41) is 0.263. The van der Waals surface area contributed by atoms with Crippen molar-refractivity contribution in [1.29, 1.82) is 0 Å². The molecule has 1 heterocycles.